The van der Waals surface area contributed by atoms with Gasteiger partial charge in [0.2, 0.25) is 0 Å². The van der Waals surface area contributed by atoms with Crippen molar-refractivity contribution >= 4 is 15.9 Å². The van der Waals surface area contributed by atoms with Crippen LogP contribution in [0.3, 0.4) is 0 Å². The predicted octanol–water partition coefficient (Wildman–Crippen LogP) is 1.89. The molecule has 1 aliphatic rings. The molecule has 0 aliphatic carbocycles. The molecule has 0 fully saturated rings. The van der Waals surface area contributed by atoms with Gasteiger partial charge in [0.15, 0.2) is 0 Å². The van der Waals surface area contributed by atoms with E-state index in [4.69, 9.17) is 10.5 Å². The molecule has 0 radical (unpaired) electrons. The number of amidine groups is 1. The number of fused-ring (bicyclic) bond motifs is 1. The van der Waals surface area contributed by atoms with Gasteiger partial charge in [0, 0.05) is 0 Å². The molecule has 0 aromatic heterocycles. The maximum absolute atomic E-state index is 11.7. The zero-order valence-electron chi connectivity index (χ0n) is 9.78. The van der Waals surface area contributed by atoms with E-state index in [-0.39, 0.29) is 10.7 Å². The second kappa shape index (κ2) is 4.10. The fourth-order valence-corrected chi connectivity index (χ4v) is 3.07. The predicted molar refractivity (Wildman–Crippen MR) is 70.9 cm³/mol. The summed E-state index contributed by atoms with van der Waals surface area (Å²) in [5.41, 5.74) is 5.99. The third kappa shape index (κ3) is 1.96. The largest absolute Gasteiger partial charge is 0.457 e. The van der Waals surface area contributed by atoms with Crippen LogP contribution in [-0.4, -0.2) is 14.3 Å². The molecule has 19 heavy (non-hydrogen) atoms. The van der Waals surface area contributed by atoms with Crippen LogP contribution in [0.15, 0.2) is 57.8 Å². The number of nitrogens with two attached hydrogens (primary N) is 1. The summed E-state index contributed by atoms with van der Waals surface area (Å²) in [5, 5.41) is 0. The molecule has 0 unspecified atom stereocenters. The van der Waals surface area contributed by atoms with Gasteiger partial charge in [-0.3, -0.25) is 0 Å². The molecule has 96 valence electrons. The van der Waals surface area contributed by atoms with Gasteiger partial charge in [-0.1, -0.05) is 24.3 Å². The van der Waals surface area contributed by atoms with Gasteiger partial charge in [-0.25, -0.2) is 0 Å². The molecule has 1 heterocycles. The lowest BCUT2D eigenvalue weighted by Crippen LogP contribution is -2.11. The molecule has 0 saturated carbocycles. The molecule has 5 nitrogen and oxygen atoms in total. The van der Waals surface area contributed by atoms with Crippen molar-refractivity contribution in [2.75, 3.05) is 0 Å². The molecular formula is C13H10N2O3S. The summed E-state index contributed by atoms with van der Waals surface area (Å²) in [6.45, 7) is 0. The van der Waals surface area contributed by atoms with Crippen LogP contribution in [0.2, 0.25) is 0 Å². The van der Waals surface area contributed by atoms with Crippen molar-refractivity contribution in [2.45, 2.75) is 4.90 Å². The number of nitrogens with zero attached hydrogens (tertiary/aromatic N) is 1. The molecule has 3 rings (SSSR count). The first kappa shape index (κ1) is 11.7. The average Bonchev–Trinajstić information content (AvgIpc) is 2.62. The maximum atomic E-state index is 11.7. The standard InChI is InChI=1S/C13H10N2O3S/c14-13-12-10(18-9-5-2-1-3-6-9)7-4-8-11(12)19(16,17)15-13/h1-8H,(H2,14,15). The number of hydrogen-bond donors (Lipinski definition) is 1. The molecule has 6 heteroatoms. The molecule has 0 atom stereocenters. The summed E-state index contributed by atoms with van der Waals surface area (Å²) >= 11 is 0. The summed E-state index contributed by atoms with van der Waals surface area (Å²) in [7, 11) is -3.69. The molecular weight excluding hydrogens is 264 g/mol. The van der Waals surface area contributed by atoms with Crippen molar-refractivity contribution in [2.24, 2.45) is 10.1 Å². The van der Waals surface area contributed by atoms with Crippen LogP contribution in [-0.2, 0) is 10.0 Å². The number of benzene rings is 2. The highest BCUT2D eigenvalue weighted by atomic mass is 32.2. The van der Waals surface area contributed by atoms with Gasteiger partial charge >= 0.3 is 0 Å². The quantitative estimate of drug-likeness (QED) is 0.906. The van der Waals surface area contributed by atoms with Crippen molar-refractivity contribution < 1.29 is 13.2 Å². The molecule has 2 N–H and O–H groups in total. The number of ether oxygens (including phenoxy) is 1. The molecule has 1 aliphatic heterocycles. The van der Waals surface area contributed by atoms with Crippen LogP contribution in [0.1, 0.15) is 5.56 Å². The first-order chi connectivity index (χ1) is 9.08. The lowest BCUT2D eigenvalue weighted by molar-refractivity contribution is 0.480. The highest BCUT2D eigenvalue weighted by Gasteiger charge is 2.30. The van der Waals surface area contributed by atoms with Crippen LogP contribution < -0.4 is 10.5 Å². The van der Waals surface area contributed by atoms with Gasteiger partial charge in [-0.15, -0.1) is 4.40 Å². The normalized spacial score (nSPS) is 15.7. The smallest absolute Gasteiger partial charge is 0.285 e. The summed E-state index contributed by atoms with van der Waals surface area (Å²) in [4.78, 5) is 0.0819. The highest BCUT2D eigenvalue weighted by Crippen LogP contribution is 2.34. The molecule has 2 aromatic rings. The Morgan fingerprint density at radius 2 is 1.74 bits per heavy atom. The van der Waals surface area contributed by atoms with E-state index in [0.717, 1.165) is 0 Å². The Morgan fingerprint density at radius 3 is 2.47 bits per heavy atom. The molecule has 0 bridgehead atoms. The third-order valence-electron chi connectivity index (χ3n) is 2.71. The van der Waals surface area contributed by atoms with E-state index in [0.29, 0.717) is 17.1 Å². The van der Waals surface area contributed by atoms with Gasteiger partial charge in [-0.05, 0) is 24.3 Å². The van der Waals surface area contributed by atoms with E-state index >= 15 is 0 Å². The number of para-hydroxylation sites is 1. The van der Waals surface area contributed by atoms with Gasteiger partial charge < -0.3 is 10.5 Å². The van der Waals surface area contributed by atoms with E-state index in [2.05, 4.69) is 4.40 Å². The van der Waals surface area contributed by atoms with Crippen molar-refractivity contribution in [3.8, 4) is 11.5 Å². The number of hydrogen-bond acceptors (Lipinski definition) is 4. The lowest BCUT2D eigenvalue weighted by Gasteiger charge is -2.09. The van der Waals surface area contributed by atoms with E-state index in [1.54, 1.807) is 24.3 Å². The fraction of sp³-hybridized carbons (Fsp3) is 0. The Labute approximate surface area is 110 Å². The molecule has 2 aromatic carbocycles. The van der Waals surface area contributed by atoms with E-state index in [1.165, 1.54) is 6.07 Å². The van der Waals surface area contributed by atoms with E-state index < -0.39 is 10.0 Å². The van der Waals surface area contributed by atoms with Gasteiger partial charge in [-0.2, -0.15) is 8.42 Å². The lowest BCUT2D eigenvalue weighted by atomic mass is 10.2. The van der Waals surface area contributed by atoms with Crippen molar-refractivity contribution in [1.29, 1.82) is 0 Å². The Balaban J connectivity index is 2.11. The topological polar surface area (TPSA) is 81.8 Å². The number of sulfonamides is 1. The van der Waals surface area contributed by atoms with Crippen molar-refractivity contribution in [3.05, 3.63) is 54.1 Å². The zero-order valence-corrected chi connectivity index (χ0v) is 10.6. The summed E-state index contributed by atoms with van der Waals surface area (Å²) < 4.78 is 32.6. The number of rotatable bonds is 2. The Morgan fingerprint density at radius 1 is 1.00 bits per heavy atom. The minimum absolute atomic E-state index is 0.0402. The highest BCUT2D eigenvalue weighted by molar-refractivity contribution is 7.90. The average molecular weight is 274 g/mol. The second-order valence-corrected chi connectivity index (χ2v) is 5.57. The first-order valence-electron chi connectivity index (χ1n) is 5.55. The van der Waals surface area contributed by atoms with E-state index in [1.807, 2.05) is 18.2 Å². The molecule has 0 spiro atoms. The fourth-order valence-electron chi connectivity index (χ4n) is 1.90. The molecule has 0 amide bonds. The van der Waals surface area contributed by atoms with Crippen molar-refractivity contribution in [1.82, 2.24) is 0 Å². The molecule has 0 saturated heterocycles. The van der Waals surface area contributed by atoms with Gasteiger partial charge in [0.25, 0.3) is 10.0 Å². The van der Waals surface area contributed by atoms with Gasteiger partial charge in [0.1, 0.15) is 22.2 Å². The zero-order chi connectivity index (χ0) is 13.5. The summed E-state index contributed by atoms with van der Waals surface area (Å²) in [5.74, 6) is 0.945. The first-order valence-corrected chi connectivity index (χ1v) is 6.99. The minimum atomic E-state index is -3.69. The van der Waals surface area contributed by atoms with Crippen LogP contribution >= 0.6 is 0 Å². The van der Waals surface area contributed by atoms with Crippen LogP contribution in [0.5, 0.6) is 11.5 Å². The van der Waals surface area contributed by atoms with Crippen LogP contribution in [0.25, 0.3) is 0 Å². The SMILES string of the molecule is NC1=NS(=O)(=O)c2cccc(Oc3ccccc3)c21. The third-order valence-corrected chi connectivity index (χ3v) is 4.04. The minimum Gasteiger partial charge on any atom is -0.457 e. The second-order valence-electron chi connectivity index (χ2n) is 4.00. The van der Waals surface area contributed by atoms with E-state index in [9.17, 15) is 8.42 Å². The Kier molecular flexibility index (Phi) is 2.53. The summed E-state index contributed by atoms with van der Waals surface area (Å²) in [6, 6.07) is 13.8. The Hall–Kier alpha value is -2.34. The summed E-state index contributed by atoms with van der Waals surface area (Å²) in [6.07, 6.45) is 0. The maximum Gasteiger partial charge on any atom is 0.285 e. The van der Waals surface area contributed by atoms with Gasteiger partial charge in [0.05, 0.1) is 5.56 Å². The van der Waals surface area contributed by atoms with Crippen LogP contribution in [0.4, 0.5) is 0 Å². The Bertz CT molecular complexity index is 768. The van der Waals surface area contributed by atoms with Crippen molar-refractivity contribution in [3.63, 3.8) is 0 Å². The monoisotopic (exact) mass is 274 g/mol. The van der Waals surface area contributed by atoms with Crippen LogP contribution in [0, 0.1) is 0 Å².